The van der Waals surface area contributed by atoms with E-state index in [1.165, 1.54) is 24.8 Å². The number of hydrogen-bond donors (Lipinski definition) is 0. The Morgan fingerprint density at radius 2 is 2.15 bits per heavy atom. The molecule has 0 saturated carbocycles. The van der Waals surface area contributed by atoms with E-state index < -0.39 is 0 Å². The van der Waals surface area contributed by atoms with E-state index in [4.69, 9.17) is 5.26 Å². The average Bonchev–Trinajstić information content (AvgIpc) is 2.49. The predicted octanol–water partition coefficient (Wildman–Crippen LogP) is 3.92. The van der Waals surface area contributed by atoms with Crippen molar-refractivity contribution in [1.82, 2.24) is 4.90 Å². The Morgan fingerprint density at radius 1 is 1.35 bits per heavy atom. The largest absolute Gasteiger partial charge is 0.294 e. The molecule has 0 spiro atoms. The van der Waals surface area contributed by atoms with E-state index in [1.807, 2.05) is 6.07 Å². The summed E-state index contributed by atoms with van der Waals surface area (Å²) in [4.78, 5) is 2.33. The topological polar surface area (TPSA) is 27.0 Å². The molecule has 1 aliphatic carbocycles. The lowest BCUT2D eigenvalue weighted by atomic mass is 9.95. The molecule has 2 heteroatoms. The van der Waals surface area contributed by atoms with Gasteiger partial charge in [0.05, 0.1) is 6.07 Å². The fourth-order valence-electron chi connectivity index (χ4n) is 2.70. The van der Waals surface area contributed by atoms with Crippen LogP contribution in [0.25, 0.3) is 0 Å². The molecule has 104 valence electrons. The Labute approximate surface area is 122 Å². The molecule has 0 aromatic heterocycles. The van der Waals surface area contributed by atoms with Gasteiger partial charge in [0.15, 0.2) is 0 Å². The molecule has 1 unspecified atom stereocenters. The molecule has 2 rings (SSSR count). The number of hydrogen-bond acceptors (Lipinski definition) is 2. The van der Waals surface area contributed by atoms with E-state index >= 15 is 0 Å². The summed E-state index contributed by atoms with van der Waals surface area (Å²) in [5, 5.41) is 8.97. The summed E-state index contributed by atoms with van der Waals surface area (Å²) in [7, 11) is 0. The van der Waals surface area contributed by atoms with Crippen LogP contribution in [0, 0.1) is 17.2 Å². The van der Waals surface area contributed by atoms with Crippen LogP contribution in [0.2, 0.25) is 0 Å². The van der Waals surface area contributed by atoms with Gasteiger partial charge in [-0.05, 0) is 30.7 Å². The summed E-state index contributed by atoms with van der Waals surface area (Å²) < 4.78 is 0. The van der Waals surface area contributed by atoms with Crippen molar-refractivity contribution in [3.8, 4) is 6.07 Å². The molecule has 0 fully saturated rings. The molecule has 0 radical (unpaired) electrons. The van der Waals surface area contributed by atoms with Gasteiger partial charge in [0.25, 0.3) is 0 Å². The van der Waals surface area contributed by atoms with Crippen molar-refractivity contribution in [3.05, 3.63) is 60.2 Å². The lowest BCUT2D eigenvalue weighted by molar-refractivity contribution is 0.252. The van der Waals surface area contributed by atoms with Gasteiger partial charge in [-0.15, -0.1) is 0 Å². The van der Waals surface area contributed by atoms with Gasteiger partial charge in [0.2, 0.25) is 0 Å². The minimum Gasteiger partial charge on any atom is -0.294 e. The molecule has 1 aliphatic rings. The summed E-state index contributed by atoms with van der Waals surface area (Å²) >= 11 is 0. The molecule has 0 aliphatic heterocycles. The lowest BCUT2D eigenvalue weighted by Crippen LogP contribution is -2.30. The molecule has 20 heavy (non-hydrogen) atoms. The quantitative estimate of drug-likeness (QED) is 0.576. The van der Waals surface area contributed by atoms with Crippen molar-refractivity contribution in [3.63, 3.8) is 0 Å². The van der Waals surface area contributed by atoms with Crippen LogP contribution in [0.5, 0.6) is 0 Å². The van der Waals surface area contributed by atoms with E-state index in [9.17, 15) is 0 Å². The van der Waals surface area contributed by atoms with E-state index in [-0.39, 0.29) is 0 Å². The van der Waals surface area contributed by atoms with Gasteiger partial charge in [-0.1, -0.05) is 49.1 Å². The highest BCUT2D eigenvalue weighted by atomic mass is 15.1. The van der Waals surface area contributed by atoms with E-state index in [0.717, 1.165) is 13.1 Å². The molecule has 0 amide bonds. The van der Waals surface area contributed by atoms with Gasteiger partial charge in [-0.25, -0.2) is 0 Å². The van der Waals surface area contributed by atoms with Crippen LogP contribution in [-0.4, -0.2) is 18.0 Å². The van der Waals surface area contributed by atoms with Crippen LogP contribution in [0.1, 0.15) is 24.8 Å². The Morgan fingerprint density at radius 3 is 2.80 bits per heavy atom. The fraction of sp³-hybridized carbons (Fsp3) is 0.389. The maximum atomic E-state index is 8.97. The average molecular weight is 266 g/mol. The van der Waals surface area contributed by atoms with Gasteiger partial charge >= 0.3 is 0 Å². The van der Waals surface area contributed by atoms with Crippen LogP contribution in [0.15, 0.2) is 54.6 Å². The predicted molar refractivity (Wildman–Crippen MR) is 83.0 cm³/mol. The third-order valence-electron chi connectivity index (χ3n) is 3.67. The first-order valence-corrected chi connectivity index (χ1v) is 7.29. The van der Waals surface area contributed by atoms with Crippen molar-refractivity contribution in [1.29, 1.82) is 5.26 Å². The van der Waals surface area contributed by atoms with E-state index in [2.05, 4.69) is 54.0 Å². The summed E-state index contributed by atoms with van der Waals surface area (Å²) in [6.07, 6.45) is 8.35. The minimum absolute atomic E-state index is 0.610. The molecule has 1 aromatic carbocycles. The number of nitriles is 1. The molecule has 2 nitrogen and oxygen atoms in total. The smallest absolute Gasteiger partial charge is 0.0954 e. The highest BCUT2D eigenvalue weighted by Gasteiger charge is 2.15. The molecular weight excluding hydrogens is 244 g/mol. The Kier molecular flexibility index (Phi) is 5.58. The van der Waals surface area contributed by atoms with Gasteiger partial charge in [-0.2, -0.15) is 5.26 Å². The number of benzene rings is 1. The fourth-order valence-corrected chi connectivity index (χ4v) is 2.70. The highest BCUT2D eigenvalue weighted by Crippen LogP contribution is 2.19. The molecule has 0 heterocycles. The third kappa shape index (κ3) is 4.68. The second kappa shape index (κ2) is 7.67. The second-order valence-electron chi connectivity index (χ2n) is 5.49. The molecule has 0 bridgehead atoms. The minimum atomic E-state index is 0.610. The summed E-state index contributed by atoms with van der Waals surface area (Å²) in [5.41, 5.74) is 1.93. The van der Waals surface area contributed by atoms with Crippen LogP contribution in [0.4, 0.5) is 0 Å². The number of allylic oxidation sites excluding steroid dienone is 1. The third-order valence-corrected chi connectivity index (χ3v) is 3.67. The van der Waals surface area contributed by atoms with E-state index in [1.54, 1.807) is 0 Å². The normalized spacial score (nSPS) is 17.9. The van der Waals surface area contributed by atoms with Gasteiger partial charge in [0.1, 0.15) is 0 Å². The lowest BCUT2D eigenvalue weighted by Gasteiger charge is -2.27. The number of rotatable bonds is 6. The molecule has 1 atom stereocenters. The zero-order chi connectivity index (χ0) is 14.2. The summed E-state index contributed by atoms with van der Waals surface area (Å²) in [6.45, 7) is 6.38. The van der Waals surface area contributed by atoms with Crippen molar-refractivity contribution < 1.29 is 0 Å². The van der Waals surface area contributed by atoms with Crippen LogP contribution >= 0.6 is 0 Å². The van der Waals surface area contributed by atoms with Gasteiger partial charge in [0, 0.05) is 25.2 Å². The van der Waals surface area contributed by atoms with Gasteiger partial charge < -0.3 is 0 Å². The molecular formula is C18H22N2. The molecule has 1 aromatic rings. The van der Waals surface area contributed by atoms with Crippen LogP contribution in [0.3, 0.4) is 0 Å². The first-order valence-electron chi connectivity index (χ1n) is 7.29. The highest BCUT2D eigenvalue weighted by molar-refractivity contribution is 5.19. The maximum Gasteiger partial charge on any atom is 0.0954 e. The van der Waals surface area contributed by atoms with E-state index in [0.29, 0.717) is 18.0 Å². The zero-order valence-electron chi connectivity index (χ0n) is 12.0. The van der Waals surface area contributed by atoms with Gasteiger partial charge in [-0.3, -0.25) is 4.90 Å². The van der Waals surface area contributed by atoms with Crippen molar-refractivity contribution in [2.45, 2.75) is 25.8 Å². The summed E-state index contributed by atoms with van der Waals surface area (Å²) in [6, 6.07) is 12.6. The SMILES string of the molecule is C=C(C#N)CN(Cc1ccccc1)CC1C=CCCC1. The maximum absolute atomic E-state index is 8.97. The van der Waals surface area contributed by atoms with Crippen LogP contribution < -0.4 is 0 Å². The monoisotopic (exact) mass is 266 g/mol. The number of nitrogens with zero attached hydrogens (tertiary/aromatic N) is 2. The van der Waals surface area contributed by atoms with Crippen molar-refractivity contribution in [2.75, 3.05) is 13.1 Å². The Hall–Kier alpha value is -1.85. The molecule has 0 saturated heterocycles. The second-order valence-corrected chi connectivity index (χ2v) is 5.49. The first-order chi connectivity index (χ1) is 9.78. The van der Waals surface area contributed by atoms with Crippen molar-refractivity contribution in [2.24, 2.45) is 5.92 Å². The first kappa shape index (κ1) is 14.6. The zero-order valence-corrected chi connectivity index (χ0v) is 12.0. The van der Waals surface area contributed by atoms with Crippen molar-refractivity contribution >= 4 is 0 Å². The molecule has 0 N–H and O–H groups in total. The standard InChI is InChI=1S/C18H22N2/c1-16(12-19)13-20(14-17-8-4-2-5-9-17)15-18-10-6-3-7-11-18/h2,4-6,8-10,18H,1,3,7,11,13-15H2. The Balaban J connectivity index is 2.00. The summed E-state index contributed by atoms with van der Waals surface area (Å²) in [5.74, 6) is 0.610. The Bertz CT molecular complexity index is 496. The van der Waals surface area contributed by atoms with Crippen LogP contribution in [-0.2, 0) is 6.54 Å².